The second-order valence-corrected chi connectivity index (χ2v) is 4.83. The Morgan fingerprint density at radius 2 is 1.71 bits per heavy atom. The molecule has 0 bridgehead atoms. The second-order valence-electron chi connectivity index (χ2n) is 4.83. The van der Waals surface area contributed by atoms with Crippen LogP contribution in [0.3, 0.4) is 0 Å². The summed E-state index contributed by atoms with van der Waals surface area (Å²) >= 11 is 0. The SMILES string of the molecule is COc1ccc([C@@H]2CC=CC[C@H]2[N+](=O)[O-])c(OC)c1OC. The summed E-state index contributed by atoms with van der Waals surface area (Å²) in [6.45, 7) is 0. The molecule has 0 amide bonds. The summed E-state index contributed by atoms with van der Waals surface area (Å²) in [5, 5.41) is 11.3. The zero-order valence-corrected chi connectivity index (χ0v) is 12.4. The van der Waals surface area contributed by atoms with E-state index in [0.29, 0.717) is 30.1 Å². The van der Waals surface area contributed by atoms with Crippen LogP contribution in [0.15, 0.2) is 24.3 Å². The van der Waals surface area contributed by atoms with Crippen molar-refractivity contribution in [3.05, 3.63) is 40.0 Å². The molecular formula is C15H19NO5. The van der Waals surface area contributed by atoms with E-state index >= 15 is 0 Å². The van der Waals surface area contributed by atoms with Crippen LogP contribution in [0.1, 0.15) is 24.3 Å². The van der Waals surface area contributed by atoms with E-state index in [4.69, 9.17) is 14.2 Å². The molecule has 2 rings (SSSR count). The Hall–Kier alpha value is -2.24. The summed E-state index contributed by atoms with van der Waals surface area (Å²) in [5.41, 5.74) is 0.779. The number of hydrogen-bond donors (Lipinski definition) is 0. The molecule has 2 atom stereocenters. The Kier molecular flexibility index (Phi) is 4.67. The minimum Gasteiger partial charge on any atom is -0.493 e. The van der Waals surface area contributed by atoms with Gasteiger partial charge in [0.05, 0.1) is 27.2 Å². The lowest BCUT2D eigenvalue weighted by atomic mass is 9.83. The van der Waals surface area contributed by atoms with Crippen molar-refractivity contribution in [1.82, 2.24) is 0 Å². The molecule has 21 heavy (non-hydrogen) atoms. The van der Waals surface area contributed by atoms with Crippen molar-refractivity contribution in [1.29, 1.82) is 0 Å². The van der Waals surface area contributed by atoms with Crippen LogP contribution in [0.5, 0.6) is 17.2 Å². The molecule has 0 aliphatic heterocycles. The minimum atomic E-state index is -0.651. The zero-order chi connectivity index (χ0) is 15.4. The molecule has 0 radical (unpaired) electrons. The maximum absolute atomic E-state index is 11.3. The van der Waals surface area contributed by atoms with Crippen LogP contribution in [-0.2, 0) is 0 Å². The van der Waals surface area contributed by atoms with Crippen LogP contribution >= 0.6 is 0 Å². The van der Waals surface area contributed by atoms with Crippen LogP contribution in [0, 0.1) is 10.1 Å². The van der Waals surface area contributed by atoms with Gasteiger partial charge >= 0.3 is 0 Å². The fourth-order valence-electron chi connectivity index (χ4n) is 2.78. The zero-order valence-electron chi connectivity index (χ0n) is 12.4. The molecule has 0 aromatic heterocycles. The van der Waals surface area contributed by atoms with E-state index in [1.54, 1.807) is 13.2 Å². The van der Waals surface area contributed by atoms with Crippen molar-refractivity contribution in [3.63, 3.8) is 0 Å². The Balaban J connectivity index is 2.52. The molecule has 1 aromatic carbocycles. The van der Waals surface area contributed by atoms with Gasteiger partial charge in [-0.05, 0) is 12.5 Å². The minimum absolute atomic E-state index is 0.218. The molecule has 0 saturated carbocycles. The number of benzene rings is 1. The van der Waals surface area contributed by atoms with E-state index in [9.17, 15) is 10.1 Å². The number of nitrogens with zero attached hydrogens (tertiary/aromatic N) is 1. The van der Waals surface area contributed by atoms with Crippen LogP contribution in [0.2, 0.25) is 0 Å². The summed E-state index contributed by atoms with van der Waals surface area (Å²) in [6, 6.07) is 2.92. The van der Waals surface area contributed by atoms with E-state index in [1.807, 2.05) is 18.2 Å². The van der Waals surface area contributed by atoms with Gasteiger partial charge in [-0.3, -0.25) is 10.1 Å². The van der Waals surface area contributed by atoms with Crippen LogP contribution in [0.4, 0.5) is 0 Å². The van der Waals surface area contributed by atoms with Gasteiger partial charge in [0.15, 0.2) is 11.5 Å². The Morgan fingerprint density at radius 3 is 2.29 bits per heavy atom. The van der Waals surface area contributed by atoms with E-state index in [1.165, 1.54) is 14.2 Å². The first-order valence-electron chi connectivity index (χ1n) is 6.71. The fraction of sp³-hybridized carbons (Fsp3) is 0.467. The third-order valence-corrected chi connectivity index (χ3v) is 3.80. The van der Waals surface area contributed by atoms with Gasteiger partial charge in [0.2, 0.25) is 11.8 Å². The molecule has 1 aliphatic carbocycles. The molecule has 0 fully saturated rings. The van der Waals surface area contributed by atoms with E-state index < -0.39 is 6.04 Å². The summed E-state index contributed by atoms with van der Waals surface area (Å²) in [4.78, 5) is 11.1. The Labute approximate surface area is 123 Å². The van der Waals surface area contributed by atoms with Crippen molar-refractivity contribution >= 4 is 0 Å². The Morgan fingerprint density at radius 1 is 1.05 bits per heavy atom. The molecule has 0 N–H and O–H groups in total. The maximum atomic E-state index is 11.3. The van der Waals surface area contributed by atoms with Crippen molar-refractivity contribution in [2.75, 3.05) is 21.3 Å². The van der Waals surface area contributed by atoms with Gasteiger partial charge < -0.3 is 14.2 Å². The van der Waals surface area contributed by atoms with Gasteiger partial charge in [0.1, 0.15) is 0 Å². The summed E-state index contributed by atoms with van der Waals surface area (Å²) in [5.74, 6) is 1.28. The van der Waals surface area contributed by atoms with Crippen molar-refractivity contribution in [2.45, 2.75) is 24.8 Å². The molecule has 1 aliphatic rings. The highest BCUT2D eigenvalue weighted by atomic mass is 16.6. The third kappa shape index (κ3) is 2.79. The highest BCUT2D eigenvalue weighted by Crippen LogP contribution is 2.45. The quantitative estimate of drug-likeness (QED) is 0.474. The third-order valence-electron chi connectivity index (χ3n) is 3.80. The predicted molar refractivity (Wildman–Crippen MR) is 78.0 cm³/mol. The molecule has 6 heteroatoms. The smallest absolute Gasteiger partial charge is 0.223 e. The summed E-state index contributed by atoms with van der Waals surface area (Å²) < 4.78 is 16.0. The van der Waals surface area contributed by atoms with Gasteiger partial charge in [-0.25, -0.2) is 0 Å². The average Bonchev–Trinajstić information content (AvgIpc) is 2.53. The first-order chi connectivity index (χ1) is 10.1. The normalized spacial score (nSPS) is 20.9. The van der Waals surface area contributed by atoms with Crippen LogP contribution in [-0.4, -0.2) is 32.3 Å². The van der Waals surface area contributed by atoms with Crippen LogP contribution in [0.25, 0.3) is 0 Å². The molecule has 0 unspecified atom stereocenters. The number of allylic oxidation sites excluding steroid dienone is 1. The molecule has 0 spiro atoms. The number of rotatable bonds is 5. The largest absolute Gasteiger partial charge is 0.493 e. The first-order valence-corrected chi connectivity index (χ1v) is 6.71. The molecule has 0 heterocycles. The lowest BCUT2D eigenvalue weighted by Crippen LogP contribution is -2.29. The van der Waals surface area contributed by atoms with E-state index in [0.717, 1.165) is 5.56 Å². The number of ether oxygens (including phenoxy) is 3. The van der Waals surface area contributed by atoms with E-state index in [-0.39, 0.29) is 10.8 Å². The predicted octanol–water partition coefficient (Wildman–Crippen LogP) is 2.79. The highest BCUT2D eigenvalue weighted by Gasteiger charge is 2.36. The van der Waals surface area contributed by atoms with Gasteiger partial charge in [0, 0.05) is 16.9 Å². The topological polar surface area (TPSA) is 70.8 Å². The molecule has 1 aromatic rings. The Bertz CT molecular complexity index is 555. The maximum Gasteiger partial charge on any atom is 0.223 e. The van der Waals surface area contributed by atoms with Crippen LogP contribution < -0.4 is 14.2 Å². The van der Waals surface area contributed by atoms with Gasteiger partial charge in [0.25, 0.3) is 0 Å². The van der Waals surface area contributed by atoms with Gasteiger partial charge in [-0.1, -0.05) is 18.2 Å². The second kappa shape index (κ2) is 6.47. The molecule has 114 valence electrons. The van der Waals surface area contributed by atoms with Gasteiger partial charge in [-0.15, -0.1) is 0 Å². The molecule has 6 nitrogen and oxygen atoms in total. The van der Waals surface area contributed by atoms with E-state index in [2.05, 4.69) is 0 Å². The first kappa shape index (κ1) is 15.2. The standard InChI is InChI=1S/C15H19NO5/c1-19-13-9-8-11(14(20-2)15(13)21-3)10-6-4-5-7-12(10)16(17)18/h4-5,8-10,12H,6-7H2,1-3H3/t10-,12+/m0/s1. The molecular weight excluding hydrogens is 274 g/mol. The average molecular weight is 293 g/mol. The van der Waals surface area contributed by atoms with Crippen molar-refractivity contribution in [2.24, 2.45) is 0 Å². The summed E-state index contributed by atoms with van der Waals surface area (Å²) in [7, 11) is 4.59. The molecule has 0 saturated heterocycles. The number of hydrogen-bond acceptors (Lipinski definition) is 5. The summed E-state index contributed by atoms with van der Waals surface area (Å²) in [6.07, 6.45) is 4.87. The lowest BCUT2D eigenvalue weighted by molar-refractivity contribution is -0.526. The van der Waals surface area contributed by atoms with Gasteiger partial charge in [-0.2, -0.15) is 0 Å². The number of methoxy groups -OCH3 is 3. The number of nitro groups is 1. The fourth-order valence-corrected chi connectivity index (χ4v) is 2.78. The van der Waals surface area contributed by atoms with Crippen molar-refractivity contribution < 1.29 is 19.1 Å². The lowest BCUT2D eigenvalue weighted by Gasteiger charge is -2.25. The van der Waals surface area contributed by atoms with Crippen molar-refractivity contribution in [3.8, 4) is 17.2 Å². The monoisotopic (exact) mass is 293 g/mol. The highest BCUT2D eigenvalue weighted by molar-refractivity contribution is 5.57.